The molecule has 3 aromatic rings. The maximum Gasteiger partial charge on any atom is 0.449 e. The van der Waals surface area contributed by atoms with Gasteiger partial charge >= 0.3 is 12.2 Å². The van der Waals surface area contributed by atoms with Gasteiger partial charge in [0.15, 0.2) is 11.5 Å². The Bertz CT molecular complexity index is 1150. The van der Waals surface area contributed by atoms with Crippen molar-refractivity contribution in [3.05, 3.63) is 53.9 Å². The molecule has 1 N–H and O–H groups in total. The van der Waals surface area contributed by atoms with Crippen LogP contribution in [0.25, 0.3) is 11.0 Å². The molecule has 0 radical (unpaired) electrons. The molecule has 0 atom stereocenters. The number of halogens is 3. The van der Waals surface area contributed by atoms with Crippen molar-refractivity contribution >= 4 is 17.1 Å². The molecular formula is C24H27F3N4O3. The molecule has 0 spiro atoms. The number of fused-ring (bicyclic) bond motifs is 1. The number of imidazole rings is 1. The summed E-state index contributed by atoms with van der Waals surface area (Å²) in [5.41, 5.74) is 1.68. The van der Waals surface area contributed by atoms with Gasteiger partial charge in [0.1, 0.15) is 0 Å². The van der Waals surface area contributed by atoms with Crippen LogP contribution >= 0.6 is 0 Å². The Morgan fingerprint density at radius 3 is 2.47 bits per heavy atom. The predicted molar refractivity (Wildman–Crippen MR) is 121 cm³/mol. The van der Waals surface area contributed by atoms with Crippen LogP contribution in [0.4, 0.5) is 18.0 Å². The minimum atomic E-state index is -4.52. The van der Waals surface area contributed by atoms with Crippen LogP contribution in [0.15, 0.2) is 42.5 Å². The number of rotatable bonds is 6. The quantitative estimate of drug-likeness (QED) is 0.560. The molecule has 1 saturated heterocycles. The lowest BCUT2D eigenvalue weighted by Gasteiger charge is -2.32. The Morgan fingerprint density at radius 2 is 1.79 bits per heavy atom. The molecule has 10 heteroatoms. The predicted octanol–water partition coefficient (Wildman–Crippen LogP) is 4.69. The monoisotopic (exact) mass is 476 g/mol. The summed E-state index contributed by atoms with van der Waals surface area (Å²) in [6, 6.07) is 11.9. The first-order chi connectivity index (χ1) is 16.3. The van der Waals surface area contributed by atoms with Crippen LogP contribution in [-0.4, -0.2) is 47.8 Å². The molecule has 2 amide bonds. The summed E-state index contributed by atoms with van der Waals surface area (Å²) in [4.78, 5) is 18.1. The molecule has 182 valence electrons. The second-order valence-corrected chi connectivity index (χ2v) is 8.31. The number of nitrogens with one attached hydrogen (secondary N) is 1. The number of alkyl halides is 3. The van der Waals surface area contributed by atoms with Gasteiger partial charge in [0.25, 0.3) is 0 Å². The van der Waals surface area contributed by atoms with Gasteiger partial charge in [-0.25, -0.2) is 9.78 Å². The van der Waals surface area contributed by atoms with Gasteiger partial charge < -0.3 is 24.3 Å². The van der Waals surface area contributed by atoms with Crippen LogP contribution in [0.1, 0.15) is 24.2 Å². The van der Waals surface area contributed by atoms with Crippen molar-refractivity contribution in [2.24, 2.45) is 5.92 Å². The average Bonchev–Trinajstić information content (AvgIpc) is 3.21. The van der Waals surface area contributed by atoms with E-state index in [1.165, 1.54) is 4.57 Å². The first-order valence-corrected chi connectivity index (χ1v) is 11.1. The normalized spacial score (nSPS) is 14.9. The van der Waals surface area contributed by atoms with Crippen LogP contribution in [-0.2, 0) is 19.3 Å². The zero-order valence-corrected chi connectivity index (χ0v) is 19.1. The van der Waals surface area contributed by atoms with Crippen molar-refractivity contribution in [3.8, 4) is 11.5 Å². The number of piperidine rings is 1. The van der Waals surface area contributed by atoms with Crippen LogP contribution in [0.5, 0.6) is 11.5 Å². The highest BCUT2D eigenvalue weighted by atomic mass is 19.4. The Balaban J connectivity index is 1.35. The topological polar surface area (TPSA) is 68.6 Å². The molecule has 2 aromatic carbocycles. The summed E-state index contributed by atoms with van der Waals surface area (Å²) in [6.45, 7) is 1.51. The van der Waals surface area contributed by atoms with Gasteiger partial charge in [0.05, 0.1) is 25.3 Å². The fourth-order valence-corrected chi connectivity index (χ4v) is 4.33. The lowest BCUT2D eigenvalue weighted by Crippen LogP contribution is -2.44. The van der Waals surface area contributed by atoms with Gasteiger partial charge in [-0.3, -0.25) is 0 Å². The molecule has 0 saturated carbocycles. The zero-order valence-electron chi connectivity index (χ0n) is 19.1. The standard InChI is InChI=1S/C24H27F3N4O3/c1-33-20-8-7-17(13-21(20)34-2)14-28-23(32)30-11-9-16(10-12-30)15-31-19-6-4-3-5-18(19)29-22(31)24(25,26)27/h3-8,13,16H,9-12,14-15H2,1-2H3,(H,28,32). The van der Waals surface area contributed by atoms with Crippen LogP contribution < -0.4 is 14.8 Å². The summed E-state index contributed by atoms with van der Waals surface area (Å²) >= 11 is 0. The number of urea groups is 1. The Labute approximate surface area is 195 Å². The smallest absolute Gasteiger partial charge is 0.449 e. The van der Waals surface area contributed by atoms with Crippen LogP contribution in [0.3, 0.4) is 0 Å². The minimum absolute atomic E-state index is 0.0219. The maximum atomic E-state index is 13.6. The summed E-state index contributed by atoms with van der Waals surface area (Å²) in [6.07, 6.45) is -3.29. The first-order valence-electron chi connectivity index (χ1n) is 11.1. The van der Waals surface area contributed by atoms with Crippen LogP contribution in [0.2, 0.25) is 0 Å². The molecule has 1 aliphatic rings. The lowest BCUT2D eigenvalue weighted by molar-refractivity contribution is -0.147. The van der Waals surface area contributed by atoms with Crippen LogP contribution in [0, 0.1) is 5.92 Å². The number of hydrogen-bond acceptors (Lipinski definition) is 4. The highest BCUT2D eigenvalue weighted by Crippen LogP contribution is 2.33. The number of amides is 2. The number of likely N-dealkylation sites (tertiary alicyclic amines) is 1. The van der Waals surface area contributed by atoms with Crippen molar-refractivity contribution in [1.29, 1.82) is 0 Å². The first kappa shape index (κ1) is 23.7. The Morgan fingerprint density at radius 1 is 1.09 bits per heavy atom. The van der Waals surface area contributed by atoms with Crippen molar-refractivity contribution < 1.29 is 27.4 Å². The summed E-state index contributed by atoms with van der Waals surface area (Å²) in [7, 11) is 3.11. The minimum Gasteiger partial charge on any atom is -0.493 e. The van der Waals surface area contributed by atoms with Gasteiger partial charge in [-0.05, 0) is 48.6 Å². The fraction of sp³-hybridized carbons (Fsp3) is 0.417. The number of hydrogen-bond donors (Lipinski definition) is 1. The Kier molecular flexibility index (Phi) is 6.85. The van der Waals surface area contributed by atoms with Gasteiger partial charge in [0.2, 0.25) is 5.82 Å². The molecule has 2 heterocycles. The molecule has 1 aliphatic heterocycles. The summed E-state index contributed by atoms with van der Waals surface area (Å²) in [5, 5.41) is 2.90. The van der Waals surface area contributed by atoms with Gasteiger partial charge in [-0.2, -0.15) is 13.2 Å². The number of ether oxygens (including phenoxy) is 2. The number of nitrogens with zero attached hydrogens (tertiary/aromatic N) is 3. The van der Waals surface area contributed by atoms with E-state index in [4.69, 9.17) is 9.47 Å². The molecule has 4 rings (SSSR count). The number of methoxy groups -OCH3 is 2. The van der Waals surface area contributed by atoms with E-state index >= 15 is 0 Å². The number of carbonyl (C=O) groups is 1. The maximum absolute atomic E-state index is 13.6. The van der Waals surface area contributed by atoms with Crippen molar-refractivity contribution in [3.63, 3.8) is 0 Å². The molecule has 34 heavy (non-hydrogen) atoms. The van der Waals surface area contributed by atoms with E-state index in [2.05, 4.69) is 10.3 Å². The van der Waals surface area contributed by atoms with E-state index in [-0.39, 0.29) is 18.5 Å². The third-order valence-corrected chi connectivity index (χ3v) is 6.14. The second-order valence-electron chi connectivity index (χ2n) is 8.31. The van der Waals surface area contributed by atoms with E-state index in [1.54, 1.807) is 55.5 Å². The van der Waals surface area contributed by atoms with E-state index in [1.807, 2.05) is 6.07 Å². The molecule has 0 bridgehead atoms. The highest BCUT2D eigenvalue weighted by molar-refractivity contribution is 5.76. The third-order valence-electron chi connectivity index (χ3n) is 6.14. The second kappa shape index (κ2) is 9.82. The molecule has 1 fully saturated rings. The van der Waals surface area contributed by atoms with E-state index in [9.17, 15) is 18.0 Å². The number of para-hydroxylation sites is 2. The number of aromatic nitrogens is 2. The molecular weight excluding hydrogens is 449 g/mol. The molecule has 1 aromatic heterocycles. The van der Waals surface area contributed by atoms with Gasteiger partial charge in [0, 0.05) is 26.2 Å². The third kappa shape index (κ3) is 5.05. The summed E-state index contributed by atoms with van der Waals surface area (Å²) < 4.78 is 52.5. The number of carbonyl (C=O) groups excluding carboxylic acids is 1. The fourth-order valence-electron chi connectivity index (χ4n) is 4.33. The SMILES string of the molecule is COc1ccc(CNC(=O)N2CCC(Cn3c(C(F)(F)F)nc4ccccc43)CC2)cc1OC. The number of benzene rings is 2. The van der Waals surface area contributed by atoms with E-state index in [0.717, 1.165) is 5.56 Å². The van der Waals surface area contributed by atoms with Gasteiger partial charge in [-0.1, -0.05) is 18.2 Å². The highest BCUT2D eigenvalue weighted by Gasteiger charge is 2.38. The molecule has 0 unspecified atom stereocenters. The van der Waals surface area contributed by atoms with E-state index < -0.39 is 12.0 Å². The van der Waals surface area contributed by atoms with Crippen molar-refractivity contribution in [2.45, 2.75) is 32.1 Å². The van der Waals surface area contributed by atoms with Crippen molar-refractivity contribution in [1.82, 2.24) is 19.8 Å². The zero-order chi connectivity index (χ0) is 24.3. The summed E-state index contributed by atoms with van der Waals surface area (Å²) in [5.74, 6) is 0.344. The van der Waals surface area contributed by atoms with E-state index in [0.29, 0.717) is 55.0 Å². The Hall–Kier alpha value is -3.43. The molecule has 7 nitrogen and oxygen atoms in total. The lowest BCUT2D eigenvalue weighted by atomic mass is 9.96. The average molecular weight is 476 g/mol. The van der Waals surface area contributed by atoms with Crippen molar-refractivity contribution in [2.75, 3.05) is 27.3 Å². The largest absolute Gasteiger partial charge is 0.493 e. The van der Waals surface area contributed by atoms with Gasteiger partial charge in [-0.15, -0.1) is 0 Å². The molecule has 0 aliphatic carbocycles.